The van der Waals surface area contributed by atoms with Crippen LogP contribution in [0.2, 0.25) is 0 Å². The first-order valence-electron chi connectivity index (χ1n) is 11.4. The molecule has 2 aromatic carbocycles. The highest BCUT2D eigenvalue weighted by Gasteiger charge is 2.33. The molecule has 0 radical (unpaired) electrons. The smallest absolute Gasteiger partial charge is 0.352 e. The second kappa shape index (κ2) is 11.8. The van der Waals surface area contributed by atoms with E-state index in [4.69, 9.17) is 0 Å². The normalized spacial score (nSPS) is 13.6. The number of anilines is 1. The van der Waals surface area contributed by atoms with Gasteiger partial charge in [0.15, 0.2) is 0 Å². The van der Waals surface area contributed by atoms with E-state index in [0.717, 1.165) is 24.0 Å². The number of halogens is 3. The number of benzene rings is 2. The van der Waals surface area contributed by atoms with Gasteiger partial charge >= 0.3 is 6.18 Å². The van der Waals surface area contributed by atoms with Gasteiger partial charge in [-0.15, -0.1) is 0 Å². The molecule has 0 fully saturated rings. The first-order valence-corrected chi connectivity index (χ1v) is 13.3. The molecule has 7 nitrogen and oxygen atoms in total. The highest BCUT2D eigenvalue weighted by molar-refractivity contribution is 7.92. The van der Waals surface area contributed by atoms with Gasteiger partial charge in [-0.3, -0.25) is 13.9 Å². The van der Waals surface area contributed by atoms with E-state index in [1.165, 1.54) is 17.9 Å². The van der Waals surface area contributed by atoms with Crippen molar-refractivity contribution in [2.45, 2.75) is 58.9 Å². The van der Waals surface area contributed by atoms with E-state index < -0.39 is 46.2 Å². The van der Waals surface area contributed by atoms with Crippen LogP contribution in [0, 0.1) is 6.92 Å². The molecule has 0 unspecified atom stereocenters. The van der Waals surface area contributed by atoms with Gasteiger partial charge in [-0.1, -0.05) is 42.8 Å². The number of hydrogen-bond donors (Lipinski definition) is 1. The molecule has 0 bridgehead atoms. The van der Waals surface area contributed by atoms with Gasteiger partial charge in [-0.2, -0.15) is 13.2 Å². The molecule has 11 heteroatoms. The zero-order valence-electron chi connectivity index (χ0n) is 21.0. The number of alkyl halides is 3. The molecule has 0 aromatic heterocycles. The van der Waals surface area contributed by atoms with Crippen LogP contribution in [0.5, 0.6) is 0 Å². The van der Waals surface area contributed by atoms with Gasteiger partial charge in [-0.05, 0) is 51.0 Å². The Labute approximate surface area is 210 Å². The fourth-order valence-electron chi connectivity index (χ4n) is 3.39. The lowest BCUT2D eigenvalue weighted by Crippen LogP contribution is -2.52. The summed E-state index contributed by atoms with van der Waals surface area (Å²) in [7, 11) is -4.14. The predicted octanol–water partition coefficient (Wildman–Crippen LogP) is 4.11. The molecule has 2 aromatic rings. The third-order valence-corrected chi connectivity index (χ3v) is 6.92. The van der Waals surface area contributed by atoms with Crippen molar-refractivity contribution in [2.24, 2.45) is 0 Å². The standard InChI is InChI=1S/C25H32F3N3O4S/c1-6-18(3)29-24(33)19(4)30(15-20-12-10-17(2)11-13-20)23(32)16-31(36(5,34)35)22-9-7-8-21(14-22)25(26,27)28/h7-14,18-19H,6,15-16H2,1-5H3,(H,29,33)/t18-,19+/m0/s1. The third-order valence-electron chi connectivity index (χ3n) is 5.78. The summed E-state index contributed by atoms with van der Waals surface area (Å²) in [5, 5.41) is 2.81. The molecule has 0 saturated heterocycles. The van der Waals surface area contributed by atoms with Crippen LogP contribution in [0.15, 0.2) is 48.5 Å². The van der Waals surface area contributed by atoms with Crippen LogP contribution in [-0.2, 0) is 32.3 Å². The van der Waals surface area contributed by atoms with Gasteiger partial charge in [0.25, 0.3) is 0 Å². The molecule has 0 aliphatic heterocycles. The second-order valence-electron chi connectivity index (χ2n) is 8.82. The third kappa shape index (κ3) is 7.97. The minimum absolute atomic E-state index is 0.00833. The Morgan fingerprint density at radius 1 is 1.06 bits per heavy atom. The van der Waals surface area contributed by atoms with Crippen molar-refractivity contribution in [2.75, 3.05) is 17.1 Å². The van der Waals surface area contributed by atoms with Crippen molar-refractivity contribution in [3.8, 4) is 0 Å². The summed E-state index contributed by atoms with van der Waals surface area (Å²) in [5.74, 6) is -1.15. The van der Waals surface area contributed by atoms with E-state index in [1.54, 1.807) is 12.1 Å². The Morgan fingerprint density at radius 2 is 1.67 bits per heavy atom. The van der Waals surface area contributed by atoms with Crippen LogP contribution in [0.25, 0.3) is 0 Å². The first kappa shape index (κ1) is 29.2. The molecule has 0 heterocycles. The van der Waals surface area contributed by atoms with Crippen LogP contribution in [0.3, 0.4) is 0 Å². The zero-order chi connectivity index (χ0) is 27.3. The minimum Gasteiger partial charge on any atom is -0.352 e. The Hall–Kier alpha value is -3.08. The van der Waals surface area contributed by atoms with Crippen molar-refractivity contribution >= 4 is 27.5 Å². The lowest BCUT2D eigenvalue weighted by atomic mass is 10.1. The molecule has 2 amide bonds. The van der Waals surface area contributed by atoms with E-state index in [0.29, 0.717) is 22.4 Å². The fraction of sp³-hybridized carbons (Fsp3) is 0.440. The summed E-state index contributed by atoms with van der Waals surface area (Å²) in [5.41, 5.74) is 0.362. The number of amides is 2. The van der Waals surface area contributed by atoms with E-state index in [9.17, 15) is 31.2 Å². The predicted molar refractivity (Wildman–Crippen MR) is 133 cm³/mol. The number of sulfonamides is 1. The van der Waals surface area contributed by atoms with E-state index in [-0.39, 0.29) is 18.3 Å². The number of nitrogens with zero attached hydrogens (tertiary/aromatic N) is 2. The van der Waals surface area contributed by atoms with Crippen molar-refractivity contribution in [1.29, 1.82) is 0 Å². The van der Waals surface area contributed by atoms with Gasteiger partial charge in [-0.25, -0.2) is 8.42 Å². The summed E-state index contributed by atoms with van der Waals surface area (Å²) in [4.78, 5) is 27.5. The largest absolute Gasteiger partial charge is 0.416 e. The second-order valence-corrected chi connectivity index (χ2v) is 10.7. The summed E-state index contributed by atoms with van der Waals surface area (Å²) in [6.45, 7) is 6.37. The van der Waals surface area contributed by atoms with Crippen molar-refractivity contribution < 1.29 is 31.2 Å². The Balaban J connectivity index is 2.43. The summed E-state index contributed by atoms with van der Waals surface area (Å²) in [6, 6.07) is 9.91. The number of hydrogen-bond acceptors (Lipinski definition) is 4. The fourth-order valence-corrected chi connectivity index (χ4v) is 4.23. The maximum atomic E-state index is 13.4. The average molecular weight is 528 g/mol. The molecule has 198 valence electrons. The highest BCUT2D eigenvalue weighted by Crippen LogP contribution is 2.32. The average Bonchev–Trinajstić information content (AvgIpc) is 2.80. The molecule has 0 aliphatic rings. The maximum absolute atomic E-state index is 13.4. The minimum atomic E-state index is -4.69. The molecular weight excluding hydrogens is 495 g/mol. The monoisotopic (exact) mass is 527 g/mol. The Morgan fingerprint density at radius 3 is 2.19 bits per heavy atom. The topological polar surface area (TPSA) is 86.8 Å². The number of nitrogens with one attached hydrogen (secondary N) is 1. The van der Waals surface area contributed by atoms with Crippen molar-refractivity contribution in [3.05, 3.63) is 65.2 Å². The van der Waals surface area contributed by atoms with E-state index in [2.05, 4.69) is 5.32 Å². The summed E-state index contributed by atoms with van der Waals surface area (Å²) >= 11 is 0. The van der Waals surface area contributed by atoms with Crippen LogP contribution in [0.1, 0.15) is 43.9 Å². The Bertz CT molecular complexity index is 1170. The van der Waals surface area contributed by atoms with Gasteiger partial charge in [0.05, 0.1) is 17.5 Å². The van der Waals surface area contributed by atoms with Crippen molar-refractivity contribution in [3.63, 3.8) is 0 Å². The van der Waals surface area contributed by atoms with Crippen molar-refractivity contribution in [1.82, 2.24) is 10.2 Å². The molecule has 0 spiro atoms. The van der Waals surface area contributed by atoms with E-state index in [1.807, 2.05) is 32.9 Å². The quantitative estimate of drug-likeness (QED) is 0.504. The van der Waals surface area contributed by atoms with Crippen LogP contribution >= 0.6 is 0 Å². The van der Waals surface area contributed by atoms with E-state index >= 15 is 0 Å². The SMILES string of the molecule is CC[C@H](C)NC(=O)[C@@H](C)N(Cc1ccc(C)cc1)C(=O)CN(c1cccc(C(F)(F)F)c1)S(C)(=O)=O. The lowest BCUT2D eigenvalue weighted by molar-refractivity contribution is -0.139. The maximum Gasteiger partial charge on any atom is 0.416 e. The van der Waals surface area contributed by atoms with Crippen LogP contribution in [0.4, 0.5) is 18.9 Å². The number of aryl methyl sites for hydroxylation is 1. The van der Waals surface area contributed by atoms with Gasteiger partial charge in [0.1, 0.15) is 12.6 Å². The molecule has 0 aliphatic carbocycles. The number of carbonyl (C=O) groups excluding carboxylic acids is 2. The molecular formula is C25H32F3N3O4S. The van der Waals surface area contributed by atoms with Gasteiger partial charge in [0, 0.05) is 12.6 Å². The molecule has 2 rings (SSSR count). The number of rotatable bonds is 10. The van der Waals surface area contributed by atoms with Crippen LogP contribution in [-0.4, -0.2) is 50.0 Å². The zero-order valence-corrected chi connectivity index (χ0v) is 21.8. The first-order chi connectivity index (χ1) is 16.6. The lowest BCUT2D eigenvalue weighted by Gasteiger charge is -2.32. The summed E-state index contributed by atoms with van der Waals surface area (Å²) < 4.78 is 65.4. The van der Waals surface area contributed by atoms with Crippen LogP contribution < -0.4 is 9.62 Å². The Kier molecular flexibility index (Phi) is 9.53. The van der Waals surface area contributed by atoms with Gasteiger partial charge < -0.3 is 10.2 Å². The summed E-state index contributed by atoms with van der Waals surface area (Å²) in [6.07, 6.45) is -3.21. The molecule has 36 heavy (non-hydrogen) atoms. The highest BCUT2D eigenvalue weighted by atomic mass is 32.2. The molecule has 1 N–H and O–H groups in total. The molecule has 0 saturated carbocycles. The number of carbonyl (C=O) groups is 2. The molecule has 2 atom stereocenters. The van der Waals surface area contributed by atoms with Gasteiger partial charge in [0.2, 0.25) is 21.8 Å².